The van der Waals surface area contributed by atoms with Crippen LogP contribution >= 0.6 is 0 Å². The Balaban J connectivity index is 1.49. The third-order valence-corrected chi connectivity index (χ3v) is 5.65. The van der Waals surface area contributed by atoms with Gasteiger partial charge in [0.25, 0.3) is 5.91 Å². The fraction of sp³-hybridized carbons (Fsp3) is 0.214. The summed E-state index contributed by atoms with van der Waals surface area (Å²) in [6, 6.07) is 21.9. The van der Waals surface area contributed by atoms with Gasteiger partial charge in [-0.1, -0.05) is 24.3 Å². The lowest BCUT2D eigenvalue weighted by Gasteiger charge is -2.17. The van der Waals surface area contributed by atoms with Gasteiger partial charge in [-0.15, -0.1) is 0 Å². The maximum atomic E-state index is 13.2. The standard InChI is InChI=1S/C28H28N2O6/c1-33-20-13-11-18(12-14-20)24-15-22(21-7-4-5-8-23(21)30-24)28(32)29-16-19(31)17-36-27-25(34-2)9-6-10-26(27)35-3/h4-15,19,31H,16-17H2,1-3H3,(H,29,32)/t19-/m1/s1. The van der Waals surface area contributed by atoms with Crippen LogP contribution in [0.3, 0.4) is 0 Å². The molecular weight excluding hydrogens is 460 g/mol. The molecule has 0 aliphatic rings. The highest BCUT2D eigenvalue weighted by Crippen LogP contribution is 2.36. The second kappa shape index (κ2) is 11.4. The van der Waals surface area contributed by atoms with Gasteiger partial charge in [-0.25, -0.2) is 4.98 Å². The maximum absolute atomic E-state index is 13.2. The number of nitrogens with zero attached hydrogens (tertiary/aromatic N) is 1. The zero-order valence-electron chi connectivity index (χ0n) is 20.4. The van der Waals surface area contributed by atoms with Gasteiger partial charge in [-0.3, -0.25) is 4.79 Å². The minimum atomic E-state index is -0.960. The lowest BCUT2D eigenvalue weighted by atomic mass is 10.0. The molecule has 1 amide bonds. The summed E-state index contributed by atoms with van der Waals surface area (Å²) in [5.41, 5.74) is 2.68. The van der Waals surface area contributed by atoms with Crippen LogP contribution in [-0.4, -0.2) is 56.6 Å². The molecule has 0 aliphatic carbocycles. The average molecular weight is 489 g/mol. The van der Waals surface area contributed by atoms with Gasteiger partial charge in [-0.05, 0) is 48.5 Å². The van der Waals surface area contributed by atoms with E-state index in [1.54, 1.807) is 31.4 Å². The third kappa shape index (κ3) is 5.50. The number of benzene rings is 3. The number of hydrogen-bond acceptors (Lipinski definition) is 7. The Morgan fingerprint density at radius 2 is 1.61 bits per heavy atom. The number of methoxy groups -OCH3 is 3. The molecule has 8 heteroatoms. The number of aliphatic hydroxyl groups is 1. The van der Waals surface area contributed by atoms with Crippen LogP contribution in [0.15, 0.2) is 72.8 Å². The third-order valence-electron chi connectivity index (χ3n) is 5.65. The Bertz CT molecular complexity index is 1320. The molecular formula is C28H28N2O6. The Kier molecular flexibility index (Phi) is 7.87. The predicted molar refractivity (Wildman–Crippen MR) is 137 cm³/mol. The van der Waals surface area contributed by atoms with Crippen molar-refractivity contribution in [3.63, 3.8) is 0 Å². The Labute approximate surface area is 209 Å². The minimum Gasteiger partial charge on any atom is -0.497 e. The summed E-state index contributed by atoms with van der Waals surface area (Å²) >= 11 is 0. The molecule has 36 heavy (non-hydrogen) atoms. The fourth-order valence-electron chi connectivity index (χ4n) is 3.78. The molecule has 8 nitrogen and oxygen atoms in total. The SMILES string of the molecule is COc1ccc(-c2cc(C(=O)NC[C@@H](O)COc3c(OC)cccc3OC)c3ccccc3n2)cc1. The molecule has 0 bridgehead atoms. The lowest BCUT2D eigenvalue weighted by molar-refractivity contribution is 0.0835. The van der Waals surface area contributed by atoms with Crippen molar-refractivity contribution in [1.82, 2.24) is 10.3 Å². The van der Waals surface area contributed by atoms with Crippen LogP contribution in [0.1, 0.15) is 10.4 Å². The molecule has 3 aromatic carbocycles. The number of para-hydroxylation sites is 2. The van der Waals surface area contributed by atoms with Gasteiger partial charge < -0.3 is 29.4 Å². The van der Waals surface area contributed by atoms with Crippen LogP contribution < -0.4 is 24.3 Å². The number of hydrogen-bond donors (Lipinski definition) is 2. The van der Waals surface area contributed by atoms with Crippen LogP contribution in [0.5, 0.6) is 23.0 Å². The number of aromatic nitrogens is 1. The van der Waals surface area contributed by atoms with E-state index in [4.69, 9.17) is 23.9 Å². The molecule has 0 spiro atoms. The topological polar surface area (TPSA) is 99.1 Å². The highest BCUT2D eigenvalue weighted by molar-refractivity contribution is 6.07. The molecule has 1 atom stereocenters. The molecule has 0 saturated carbocycles. The smallest absolute Gasteiger partial charge is 0.252 e. The van der Waals surface area contributed by atoms with Gasteiger partial charge in [0.2, 0.25) is 5.75 Å². The molecule has 1 aromatic heterocycles. The lowest BCUT2D eigenvalue weighted by Crippen LogP contribution is -2.35. The van der Waals surface area contributed by atoms with Crippen LogP contribution in [0, 0.1) is 0 Å². The van der Waals surface area contributed by atoms with Gasteiger partial charge in [0.05, 0.1) is 38.1 Å². The maximum Gasteiger partial charge on any atom is 0.252 e. The Morgan fingerprint density at radius 3 is 2.28 bits per heavy atom. The average Bonchev–Trinajstić information content (AvgIpc) is 2.93. The molecule has 0 aliphatic heterocycles. The summed E-state index contributed by atoms with van der Waals surface area (Å²) in [5.74, 6) is 1.77. The van der Waals surface area contributed by atoms with Crippen LogP contribution in [0.4, 0.5) is 0 Å². The van der Waals surface area contributed by atoms with E-state index in [0.29, 0.717) is 34.0 Å². The first-order valence-corrected chi connectivity index (χ1v) is 11.4. The summed E-state index contributed by atoms with van der Waals surface area (Å²) in [5, 5.41) is 14.0. The molecule has 1 heterocycles. The van der Waals surface area contributed by atoms with E-state index in [1.807, 2.05) is 48.5 Å². The van der Waals surface area contributed by atoms with Crippen LogP contribution in [0.2, 0.25) is 0 Å². The fourth-order valence-corrected chi connectivity index (χ4v) is 3.78. The van der Waals surface area contributed by atoms with Crippen molar-refractivity contribution in [2.45, 2.75) is 6.10 Å². The van der Waals surface area contributed by atoms with Gasteiger partial charge in [-0.2, -0.15) is 0 Å². The molecule has 0 fully saturated rings. The van der Waals surface area contributed by atoms with Crippen LogP contribution in [-0.2, 0) is 0 Å². The molecule has 0 saturated heterocycles. The Morgan fingerprint density at radius 1 is 0.917 bits per heavy atom. The van der Waals surface area contributed by atoms with Gasteiger partial charge >= 0.3 is 0 Å². The highest BCUT2D eigenvalue weighted by atomic mass is 16.5. The normalized spacial score (nSPS) is 11.6. The van der Waals surface area contributed by atoms with E-state index >= 15 is 0 Å². The summed E-state index contributed by atoms with van der Waals surface area (Å²) < 4.78 is 21.6. The second-order valence-corrected chi connectivity index (χ2v) is 7.97. The first-order valence-electron chi connectivity index (χ1n) is 11.4. The van der Waals surface area contributed by atoms with E-state index in [-0.39, 0.29) is 19.1 Å². The first kappa shape index (κ1) is 24.8. The molecule has 0 radical (unpaired) electrons. The van der Waals surface area contributed by atoms with Crippen molar-refractivity contribution in [2.75, 3.05) is 34.5 Å². The summed E-state index contributed by atoms with van der Waals surface area (Å²) in [7, 11) is 4.66. The molecule has 0 unspecified atom stereocenters. The highest BCUT2D eigenvalue weighted by Gasteiger charge is 2.17. The number of carbonyl (C=O) groups excluding carboxylic acids is 1. The van der Waals surface area contributed by atoms with Crippen LogP contribution in [0.25, 0.3) is 22.2 Å². The number of nitrogens with one attached hydrogen (secondary N) is 1. The molecule has 186 valence electrons. The van der Waals surface area contributed by atoms with E-state index in [1.165, 1.54) is 14.2 Å². The van der Waals surface area contributed by atoms with E-state index in [9.17, 15) is 9.90 Å². The second-order valence-electron chi connectivity index (χ2n) is 7.97. The minimum absolute atomic E-state index is 0.00911. The van der Waals surface area contributed by atoms with Crippen molar-refractivity contribution in [2.24, 2.45) is 0 Å². The summed E-state index contributed by atoms with van der Waals surface area (Å²) in [4.78, 5) is 17.9. The van der Waals surface area contributed by atoms with E-state index < -0.39 is 6.10 Å². The quantitative estimate of drug-likeness (QED) is 0.347. The van der Waals surface area contributed by atoms with E-state index in [2.05, 4.69) is 5.32 Å². The number of fused-ring (bicyclic) bond motifs is 1. The number of carbonyl (C=O) groups is 1. The number of rotatable bonds is 10. The summed E-state index contributed by atoms with van der Waals surface area (Å²) in [6.07, 6.45) is -0.960. The first-order chi connectivity index (χ1) is 17.5. The number of amides is 1. The zero-order valence-corrected chi connectivity index (χ0v) is 20.4. The van der Waals surface area contributed by atoms with Gasteiger partial charge in [0.1, 0.15) is 18.5 Å². The largest absolute Gasteiger partial charge is 0.497 e. The zero-order chi connectivity index (χ0) is 25.5. The number of ether oxygens (including phenoxy) is 4. The van der Waals surface area contributed by atoms with Crippen molar-refractivity contribution >= 4 is 16.8 Å². The van der Waals surface area contributed by atoms with Gasteiger partial charge in [0.15, 0.2) is 11.5 Å². The van der Waals surface area contributed by atoms with Crippen molar-refractivity contribution in [3.05, 3.63) is 78.4 Å². The van der Waals surface area contributed by atoms with Crippen molar-refractivity contribution in [3.8, 4) is 34.3 Å². The summed E-state index contributed by atoms with van der Waals surface area (Å²) in [6.45, 7) is -0.0734. The number of pyridine rings is 1. The van der Waals surface area contributed by atoms with Crippen molar-refractivity contribution in [1.29, 1.82) is 0 Å². The molecule has 4 rings (SSSR count). The molecule has 2 N–H and O–H groups in total. The van der Waals surface area contributed by atoms with Gasteiger partial charge in [0, 0.05) is 17.5 Å². The van der Waals surface area contributed by atoms with E-state index in [0.717, 1.165) is 16.7 Å². The molecule has 4 aromatic rings. The monoisotopic (exact) mass is 488 g/mol. The van der Waals surface area contributed by atoms with Crippen molar-refractivity contribution < 1.29 is 28.8 Å². The Hall–Kier alpha value is -4.30. The number of aliphatic hydroxyl groups excluding tert-OH is 1. The predicted octanol–water partition coefficient (Wildman–Crippen LogP) is 4.10.